The minimum atomic E-state index is 0.281. The molecule has 104 valence electrons. The zero-order chi connectivity index (χ0) is 14.5. The van der Waals surface area contributed by atoms with Gasteiger partial charge in [0, 0.05) is 12.8 Å². The molecule has 2 aromatic carbocycles. The van der Waals surface area contributed by atoms with E-state index in [1.54, 1.807) is 0 Å². The van der Waals surface area contributed by atoms with Crippen molar-refractivity contribution in [3.8, 4) is 0 Å². The predicted octanol–water partition coefficient (Wildman–Crippen LogP) is 4.22. The molecule has 0 unspecified atom stereocenters. The van der Waals surface area contributed by atoms with Gasteiger partial charge in [-0.05, 0) is 42.5 Å². The van der Waals surface area contributed by atoms with Gasteiger partial charge in [0.05, 0.1) is 0 Å². The lowest BCUT2D eigenvalue weighted by atomic mass is 9.97. The van der Waals surface area contributed by atoms with Crippen LogP contribution in [0.2, 0.25) is 0 Å². The van der Waals surface area contributed by atoms with E-state index in [4.69, 9.17) is 0 Å². The highest BCUT2D eigenvalue weighted by Gasteiger charge is 2.07. The molecule has 0 atom stereocenters. The first-order chi connectivity index (χ1) is 9.58. The van der Waals surface area contributed by atoms with E-state index in [2.05, 4.69) is 63.2 Å². The molecule has 0 aliphatic carbocycles. The molecule has 0 fully saturated rings. The van der Waals surface area contributed by atoms with E-state index in [1.807, 2.05) is 0 Å². The van der Waals surface area contributed by atoms with Gasteiger partial charge in [-0.1, -0.05) is 55.0 Å². The van der Waals surface area contributed by atoms with Crippen molar-refractivity contribution in [2.45, 2.75) is 40.0 Å². The lowest BCUT2D eigenvalue weighted by molar-refractivity contribution is -0.117. The predicted molar refractivity (Wildman–Crippen MR) is 84.2 cm³/mol. The summed E-state index contributed by atoms with van der Waals surface area (Å²) in [5.41, 5.74) is 5.99. The summed E-state index contributed by atoms with van der Waals surface area (Å²) >= 11 is 0. The maximum atomic E-state index is 12.2. The maximum Gasteiger partial charge on any atom is 0.141 e. The molecule has 0 radical (unpaired) electrons. The van der Waals surface area contributed by atoms with Crippen LogP contribution in [0.1, 0.15) is 34.7 Å². The van der Waals surface area contributed by atoms with Crippen molar-refractivity contribution in [2.24, 2.45) is 0 Å². The van der Waals surface area contributed by atoms with Gasteiger partial charge in [0.1, 0.15) is 5.78 Å². The molecule has 0 saturated carbocycles. The average Bonchev–Trinajstić information content (AvgIpc) is 2.43. The molecule has 0 aliphatic rings. The van der Waals surface area contributed by atoms with Gasteiger partial charge in [-0.3, -0.25) is 4.79 Å². The van der Waals surface area contributed by atoms with Gasteiger partial charge in [0.25, 0.3) is 0 Å². The number of Topliss-reactive ketones (excluding diaryl/α,β-unsaturated/α-hetero) is 1. The van der Waals surface area contributed by atoms with Crippen LogP contribution in [0.3, 0.4) is 0 Å². The largest absolute Gasteiger partial charge is 0.299 e. The zero-order valence-corrected chi connectivity index (χ0v) is 12.6. The van der Waals surface area contributed by atoms with Crippen molar-refractivity contribution >= 4 is 5.78 Å². The Morgan fingerprint density at radius 3 is 2.20 bits per heavy atom. The number of hydrogen-bond acceptors (Lipinski definition) is 1. The molecule has 0 spiro atoms. The second-order valence-electron chi connectivity index (χ2n) is 5.49. The fourth-order valence-electron chi connectivity index (χ4n) is 2.39. The molecule has 0 heterocycles. The standard InChI is InChI=1S/C19H22O/c1-4-16-7-9-17(10-8-16)12-19(20)13-18-11-14(2)5-6-15(18)3/h5-11H,4,12-13H2,1-3H3. The van der Waals surface area contributed by atoms with Gasteiger partial charge < -0.3 is 0 Å². The number of ketones is 1. The summed E-state index contributed by atoms with van der Waals surface area (Å²) in [6.07, 6.45) is 2.09. The van der Waals surface area contributed by atoms with E-state index in [0.717, 1.165) is 17.5 Å². The topological polar surface area (TPSA) is 17.1 Å². The Kier molecular flexibility index (Phi) is 4.73. The summed E-state index contributed by atoms with van der Waals surface area (Å²) < 4.78 is 0. The van der Waals surface area contributed by atoms with Gasteiger partial charge in [0.2, 0.25) is 0 Å². The third kappa shape index (κ3) is 3.80. The number of aryl methyl sites for hydroxylation is 3. The summed E-state index contributed by atoms with van der Waals surface area (Å²) in [6.45, 7) is 6.27. The highest BCUT2D eigenvalue weighted by molar-refractivity contribution is 5.83. The molecule has 0 aliphatic heterocycles. The first kappa shape index (κ1) is 14.5. The molecule has 1 heteroatoms. The number of rotatable bonds is 5. The summed E-state index contributed by atoms with van der Waals surface area (Å²) in [6, 6.07) is 14.7. The van der Waals surface area contributed by atoms with Crippen LogP contribution in [0.4, 0.5) is 0 Å². The van der Waals surface area contributed by atoms with Crippen molar-refractivity contribution in [2.75, 3.05) is 0 Å². The van der Waals surface area contributed by atoms with Gasteiger partial charge >= 0.3 is 0 Å². The number of carbonyl (C=O) groups excluding carboxylic acids is 1. The van der Waals surface area contributed by atoms with Gasteiger partial charge in [0.15, 0.2) is 0 Å². The van der Waals surface area contributed by atoms with Crippen LogP contribution in [0.25, 0.3) is 0 Å². The molecule has 0 N–H and O–H groups in total. The lowest BCUT2D eigenvalue weighted by Gasteiger charge is -2.07. The van der Waals surface area contributed by atoms with Crippen LogP contribution in [0.15, 0.2) is 42.5 Å². The van der Waals surface area contributed by atoms with E-state index in [9.17, 15) is 4.79 Å². The van der Waals surface area contributed by atoms with Crippen LogP contribution in [0, 0.1) is 13.8 Å². The molecule has 0 aromatic heterocycles. The minimum absolute atomic E-state index is 0.281. The molecule has 0 saturated heterocycles. The molecule has 0 bridgehead atoms. The highest BCUT2D eigenvalue weighted by Crippen LogP contribution is 2.13. The Hall–Kier alpha value is -1.89. The monoisotopic (exact) mass is 266 g/mol. The van der Waals surface area contributed by atoms with Crippen molar-refractivity contribution in [1.82, 2.24) is 0 Å². The summed E-state index contributed by atoms with van der Waals surface area (Å²) in [7, 11) is 0. The van der Waals surface area contributed by atoms with E-state index in [1.165, 1.54) is 16.7 Å². The Labute approximate surface area is 121 Å². The number of hydrogen-bond donors (Lipinski definition) is 0. The van der Waals surface area contributed by atoms with Crippen molar-refractivity contribution in [3.63, 3.8) is 0 Å². The Balaban J connectivity index is 2.03. The van der Waals surface area contributed by atoms with Gasteiger partial charge in [-0.25, -0.2) is 0 Å². The smallest absolute Gasteiger partial charge is 0.141 e. The van der Waals surface area contributed by atoms with Crippen molar-refractivity contribution < 1.29 is 4.79 Å². The molecule has 0 amide bonds. The van der Waals surface area contributed by atoms with Crippen LogP contribution in [0.5, 0.6) is 0 Å². The SMILES string of the molecule is CCc1ccc(CC(=O)Cc2cc(C)ccc2C)cc1. The third-order valence-corrected chi connectivity index (χ3v) is 3.72. The van der Waals surface area contributed by atoms with Crippen LogP contribution < -0.4 is 0 Å². The zero-order valence-electron chi connectivity index (χ0n) is 12.6. The van der Waals surface area contributed by atoms with Crippen molar-refractivity contribution in [3.05, 3.63) is 70.3 Å². The Morgan fingerprint density at radius 1 is 0.900 bits per heavy atom. The summed E-state index contributed by atoms with van der Waals surface area (Å²) in [5.74, 6) is 0.281. The van der Waals surface area contributed by atoms with Crippen LogP contribution >= 0.6 is 0 Å². The number of carbonyl (C=O) groups is 1. The molecular weight excluding hydrogens is 244 g/mol. The fraction of sp³-hybridized carbons (Fsp3) is 0.316. The molecule has 1 nitrogen and oxygen atoms in total. The van der Waals surface area contributed by atoms with Gasteiger partial charge in [-0.2, -0.15) is 0 Å². The van der Waals surface area contributed by atoms with E-state index in [0.29, 0.717) is 12.8 Å². The normalized spacial score (nSPS) is 10.6. The Bertz CT molecular complexity index is 594. The summed E-state index contributed by atoms with van der Waals surface area (Å²) in [4.78, 5) is 12.2. The first-order valence-electron chi connectivity index (χ1n) is 7.24. The quantitative estimate of drug-likeness (QED) is 0.792. The first-order valence-corrected chi connectivity index (χ1v) is 7.24. The van der Waals surface area contributed by atoms with E-state index >= 15 is 0 Å². The molecule has 2 rings (SSSR count). The fourth-order valence-corrected chi connectivity index (χ4v) is 2.39. The number of benzene rings is 2. The third-order valence-electron chi connectivity index (χ3n) is 3.72. The minimum Gasteiger partial charge on any atom is -0.299 e. The van der Waals surface area contributed by atoms with Gasteiger partial charge in [-0.15, -0.1) is 0 Å². The van der Waals surface area contributed by atoms with Crippen LogP contribution in [-0.2, 0) is 24.1 Å². The highest BCUT2D eigenvalue weighted by atomic mass is 16.1. The maximum absolute atomic E-state index is 12.2. The molecule has 2 aromatic rings. The van der Waals surface area contributed by atoms with Crippen molar-refractivity contribution in [1.29, 1.82) is 0 Å². The van der Waals surface area contributed by atoms with E-state index in [-0.39, 0.29) is 5.78 Å². The molecule has 20 heavy (non-hydrogen) atoms. The van der Waals surface area contributed by atoms with E-state index < -0.39 is 0 Å². The lowest BCUT2D eigenvalue weighted by Crippen LogP contribution is -2.08. The average molecular weight is 266 g/mol. The second-order valence-corrected chi connectivity index (χ2v) is 5.49. The Morgan fingerprint density at radius 2 is 1.55 bits per heavy atom. The van der Waals surface area contributed by atoms with Crippen LogP contribution in [-0.4, -0.2) is 5.78 Å². The molecular formula is C19H22O. The second kappa shape index (κ2) is 6.51. The summed E-state index contributed by atoms with van der Waals surface area (Å²) in [5, 5.41) is 0.